The summed E-state index contributed by atoms with van der Waals surface area (Å²) in [5.41, 5.74) is 7.63. The molecule has 0 fully saturated rings. The summed E-state index contributed by atoms with van der Waals surface area (Å²) in [5, 5.41) is 14.0. The highest BCUT2D eigenvalue weighted by Gasteiger charge is 2.20. The summed E-state index contributed by atoms with van der Waals surface area (Å²) in [4.78, 5) is 16.8. The van der Waals surface area contributed by atoms with Crippen LogP contribution < -0.4 is 5.73 Å². The Bertz CT molecular complexity index is 1050. The van der Waals surface area contributed by atoms with Crippen LogP contribution in [-0.2, 0) is 0 Å². The van der Waals surface area contributed by atoms with Crippen LogP contribution in [-0.4, -0.2) is 30.9 Å². The topological polar surface area (TPSA) is 113 Å². The fourth-order valence-electron chi connectivity index (χ4n) is 2.31. The van der Waals surface area contributed by atoms with E-state index in [1.807, 2.05) is 17.5 Å². The van der Waals surface area contributed by atoms with Crippen LogP contribution in [0.4, 0.5) is 5.82 Å². The van der Waals surface area contributed by atoms with Crippen molar-refractivity contribution in [3.8, 4) is 28.0 Å². The Morgan fingerprint density at radius 3 is 2.92 bits per heavy atom. The van der Waals surface area contributed by atoms with E-state index in [1.54, 1.807) is 24.3 Å². The van der Waals surface area contributed by atoms with Gasteiger partial charge in [0, 0.05) is 5.56 Å². The third-order valence-corrected chi connectivity index (χ3v) is 4.44. The van der Waals surface area contributed by atoms with Gasteiger partial charge in [-0.05, 0) is 30.5 Å². The number of carbonyl (C=O) groups excluding carboxylic acids is 1. The number of carbonyl (C=O) groups is 1. The average molecular weight is 352 g/mol. The number of anilines is 1. The molecule has 0 aliphatic rings. The summed E-state index contributed by atoms with van der Waals surface area (Å²) in [7, 11) is 0. The molecule has 4 rings (SSSR count). The number of hydrogen-bond acceptors (Lipinski definition) is 8. The molecule has 0 atom stereocenters. The minimum Gasteiger partial charge on any atom is -0.382 e. The molecule has 0 bridgehead atoms. The zero-order valence-electron chi connectivity index (χ0n) is 13.1. The first-order chi connectivity index (χ1) is 12.1. The lowest BCUT2D eigenvalue weighted by Gasteiger charge is -2.04. The van der Waals surface area contributed by atoms with Gasteiger partial charge in [-0.2, -0.15) is 9.67 Å². The fourth-order valence-corrected chi connectivity index (χ4v) is 2.96. The van der Waals surface area contributed by atoms with Gasteiger partial charge in [0.25, 0.3) is 5.89 Å². The van der Waals surface area contributed by atoms with Crippen molar-refractivity contribution in [1.29, 1.82) is 0 Å². The summed E-state index contributed by atoms with van der Waals surface area (Å²) in [5.74, 6) is 0.868. The van der Waals surface area contributed by atoms with Gasteiger partial charge < -0.3 is 10.3 Å². The highest BCUT2D eigenvalue weighted by Crippen LogP contribution is 2.28. The molecular formula is C16H12N6O2S. The van der Waals surface area contributed by atoms with Crippen LogP contribution in [0.25, 0.3) is 28.0 Å². The van der Waals surface area contributed by atoms with Crippen molar-refractivity contribution in [1.82, 2.24) is 25.1 Å². The number of ketones is 1. The van der Waals surface area contributed by atoms with Gasteiger partial charge in [-0.15, -0.1) is 16.4 Å². The maximum atomic E-state index is 11.5. The molecule has 3 aromatic heterocycles. The number of Topliss-reactive ketones (excluding diaryl/α,β-unsaturated/α-hetero) is 1. The molecule has 0 aliphatic carbocycles. The number of nitrogens with two attached hydrogens (primary N) is 1. The summed E-state index contributed by atoms with van der Waals surface area (Å²) in [6, 6.07) is 10.8. The number of hydrogen-bond donors (Lipinski definition) is 1. The van der Waals surface area contributed by atoms with Crippen molar-refractivity contribution >= 4 is 22.9 Å². The Balaban J connectivity index is 1.72. The van der Waals surface area contributed by atoms with Gasteiger partial charge in [-0.3, -0.25) is 4.79 Å². The van der Waals surface area contributed by atoms with Gasteiger partial charge in [-0.25, -0.2) is 0 Å². The van der Waals surface area contributed by atoms with Gasteiger partial charge in [0.05, 0.1) is 10.6 Å². The predicted molar refractivity (Wildman–Crippen MR) is 92.4 cm³/mol. The lowest BCUT2D eigenvalue weighted by molar-refractivity contribution is 0.101. The predicted octanol–water partition coefficient (Wildman–Crippen LogP) is 2.83. The number of thiophene rings is 1. The van der Waals surface area contributed by atoms with E-state index in [2.05, 4.69) is 20.5 Å². The third-order valence-electron chi connectivity index (χ3n) is 3.57. The van der Waals surface area contributed by atoms with E-state index in [9.17, 15) is 4.79 Å². The smallest absolute Gasteiger partial charge is 0.282 e. The molecule has 0 spiro atoms. The number of rotatable bonds is 4. The fraction of sp³-hybridized carbons (Fsp3) is 0.0625. The first-order valence-electron chi connectivity index (χ1n) is 7.34. The van der Waals surface area contributed by atoms with Gasteiger partial charge in [0.2, 0.25) is 5.82 Å². The minimum absolute atomic E-state index is 0.0433. The molecular weight excluding hydrogens is 340 g/mol. The normalized spacial score (nSPS) is 10.9. The van der Waals surface area contributed by atoms with Crippen LogP contribution in [0.2, 0.25) is 0 Å². The molecule has 3 heterocycles. The summed E-state index contributed by atoms with van der Waals surface area (Å²) >= 11 is 1.51. The van der Waals surface area contributed by atoms with E-state index in [1.165, 1.54) is 22.9 Å². The summed E-state index contributed by atoms with van der Waals surface area (Å²) in [6.07, 6.45) is 0. The molecule has 0 saturated heterocycles. The Labute approximate surface area is 145 Å². The molecule has 9 heteroatoms. The molecule has 0 amide bonds. The van der Waals surface area contributed by atoms with Crippen LogP contribution >= 0.6 is 11.3 Å². The number of nitrogen functional groups attached to an aromatic ring is 1. The van der Waals surface area contributed by atoms with Gasteiger partial charge >= 0.3 is 0 Å². The SMILES string of the molecule is CC(=O)c1cccc(-n2nnc(-c3nc(-c4cccs4)no3)c2N)c1. The monoisotopic (exact) mass is 352 g/mol. The van der Waals surface area contributed by atoms with Crippen LogP contribution in [0.3, 0.4) is 0 Å². The van der Waals surface area contributed by atoms with E-state index in [4.69, 9.17) is 10.3 Å². The molecule has 2 N–H and O–H groups in total. The lowest BCUT2D eigenvalue weighted by Crippen LogP contribution is -2.04. The van der Waals surface area contributed by atoms with Crippen molar-refractivity contribution in [3.05, 3.63) is 47.3 Å². The maximum Gasteiger partial charge on any atom is 0.282 e. The van der Waals surface area contributed by atoms with E-state index in [-0.39, 0.29) is 17.5 Å². The van der Waals surface area contributed by atoms with E-state index in [0.717, 1.165) is 4.88 Å². The zero-order chi connectivity index (χ0) is 17.4. The minimum atomic E-state index is -0.0433. The van der Waals surface area contributed by atoms with Crippen molar-refractivity contribution in [2.24, 2.45) is 0 Å². The highest BCUT2D eigenvalue weighted by atomic mass is 32.1. The molecule has 0 saturated carbocycles. The van der Waals surface area contributed by atoms with Gasteiger partial charge in [0.1, 0.15) is 0 Å². The van der Waals surface area contributed by atoms with Crippen LogP contribution in [0, 0.1) is 0 Å². The van der Waals surface area contributed by atoms with Crippen LogP contribution in [0.5, 0.6) is 0 Å². The van der Waals surface area contributed by atoms with Crippen molar-refractivity contribution in [3.63, 3.8) is 0 Å². The summed E-state index contributed by atoms with van der Waals surface area (Å²) in [6.45, 7) is 1.50. The molecule has 1 aromatic carbocycles. The first kappa shape index (κ1) is 15.2. The molecule has 8 nitrogen and oxygen atoms in total. The second-order valence-electron chi connectivity index (χ2n) is 5.24. The Morgan fingerprint density at radius 1 is 1.28 bits per heavy atom. The van der Waals surface area contributed by atoms with E-state index < -0.39 is 0 Å². The molecule has 124 valence electrons. The van der Waals surface area contributed by atoms with Crippen molar-refractivity contribution in [2.45, 2.75) is 6.92 Å². The van der Waals surface area contributed by atoms with Gasteiger partial charge in [0.15, 0.2) is 17.3 Å². The Kier molecular flexibility index (Phi) is 3.62. The Hall–Kier alpha value is -3.33. The highest BCUT2D eigenvalue weighted by molar-refractivity contribution is 7.13. The standard InChI is InChI=1S/C16H12N6O2S/c1-9(23)10-4-2-5-11(8-10)22-14(17)13(19-21-22)16-18-15(20-24-16)12-6-3-7-25-12/h2-8H,17H2,1H3. The third kappa shape index (κ3) is 2.70. The van der Waals surface area contributed by atoms with Crippen LogP contribution in [0.15, 0.2) is 46.3 Å². The number of benzene rings is 1. The maximum absolute atomic E-state index is 11.5. The second-order valence-corrected chi connectivity index (χ2v) is 6.19. The zero-order valence-corrected chi connectivity index (χ0v) is 13.9. The molecule has 0 aliphatic heterocycles. The van der Waals surface area contributed by atoms with E-state index >= 15 is 0 Å². The second kappa shape index (κ2) is 5.95. The van der Waals surface area contributed by atoms with Crippen LogP contribution in [0.1, 0.15) is 17.3 Å². The average Bonchev–Trinajstić information content (AvgIpc) is 3.35. The molecule has 25 heavy (non-hydrogen) atoms. The lowest BCUT2D eigenvalue weighted by atomic mass is 10.1. The summed E-state index contributed by atoms with van der Waals surface area (Å²) < 4.78 is 6.69. The number of nitrogens with zero attached hydrogens (tertiary/aromatic N) is 5. The van der Waals surface area contributed by atoms with Crippen molar-refractivity contribution < 1.29 is 9.32 Å². The first-order valence-corrected chi connectivity index (χ1v) is 8.22. The largest absolute Gasteiger partial charge is 0.382 e. The van der Waals surface area contributed by atoms with E-state index in [0.29, 0.717) is 22.8 Å². The van der Waals surface area contributed by atoms with Gasteiger partial charge in [-0.1, -0.05) is 28.6 Å². The molecule has 0 unspecified atom stereocenters. The molecule has 0 radical (unpaired) electrons. The Morgan fingerprint density at radius 2 is 2.16 bits per heavy atom. The number of aromatic nitrogens is 5. The van der Waals surface area contributed by atoms with Crippen molar-refractivity contribution in [2.75, 3.05) is 5.73 Å². The quantitative estimate of drug-likeness (QED) is 0.562. The molecule has 4 aromatic rings.